The molecule has 166 valence electrons. The van der Waals surface area contributed by atoms with Crippen LogP contribution in [0, 0.1) is 6.92 Å². The van der Waals surface area contributed by atoms with Crippen LogP contribution in [0.3, 0.4) is 0 Å². The minimum atomic E-state index is -0.704. The molecule has 1 saturated heterocycles. The summed E-state index contributed by atoms with van der Waals surface area (Å²) in [6, 6.07) is 13.8. The molecule has 0 spiro atoms. The maximum absolute atomic E-state index is 13.2. The lowest BCUT2D eigenvalue weighted by Gasteiger charge is -2.25. The Kier molecular flexibility index (Phi) is 6.01. The lowest BCUT2D eigenvalue weighted by molar-refractivity contribution is -0.140. The first kappa shape index (κ1) is 21.6. The van der Waals surface area contributed by atoms with Crippen LogP contribution in [0.2, 0.25) is 0 Å². The van der Waals surface area contributed by atoms with Gasteiger partial charge in [-0.15, -0.1) is 0 Å². The molecule has 0 radical (unpaired) electrons. The van der Waals surface area contributed by atoms with Crippen LogP contribution in [0.4, 0.5) is 0 Å². The van der Waals surface area contributed by atoms with E-state index >= 15 is 0 Å². The van der Waals surface area contributed by atoms with E-state index in [4.69, 9.17) is 9.47 Å². The van der Waals surface area contributed by atoms with Crippen molar-refractivity contribution in [3.8, 4) is 5.75 Å². The number of aromatic amines is 1. The molecule has 2 heterocycles. The number of nitrogens with zero attached hydrogens (tertiary/aromatic N) is 1. The van der Waals surface area contributed by atoms with Gasteiger partial charge in [-0.2, -0.15) is 0 Å². The number of amides is 1. The number of carbonyl (C=O) groups excluding carboxylic acids is 2. The molecule has 4 rings (SSSR count). The molecule has 2 N–H and O–H groups in total. The second-order valence-corrected chi connectivity index (χ2v) is 7.78. The summed E-state index contributed by atoms with van der Waals surface area (Å²) < 4.78 is 10.3. The van der Waals surface area contributed by atoms with Gasteiger partial charge in [-0.05, 0) is 43.7 Å². The number of ether oxygens (including phenoxy) is 2. The molecule has 7 nitrogen and oxygen atoms in total. The van der Waals surface area contributed by atoms with Crippen molar-refractivity contribution in [3.05, 3.63) is 70.9 Å². The Labute approximate surface area is 186 Å². The zero-order valence-electron chi connectivity index (χ0n) is 18.3. The standard InChI is InChI=1S/C25H26N2O5/c1-15-20(18-7-4-5-8-19(18)26-15)22-21(23(28)16-9-11-17(32-3)12-10-16)24(29)25(30)27(22)13-6-14-31-2/h4-5,7-12,22,26,28H,6,13-14H2,1-3H3/b23-21+. The fourth-order valence-electron chi connectivity index (χ4n) is 4.35. The Morgan fingerprint density at radius 1 is 1.09 bits per heavy atom. The number of Topliss-reactive ketones (excluding diaryl/α,β-unsaturated/α-hetero) is 1. The molecule has 1 fully saturated rings. The van der Waals surface area contributed by atoms with Crippen molar-refractivity contribution in [1.82, 2.24) is 9.88 Å². The predicted molar refractivity (Wildman–Crippen MR) is 122 cm³/mol. The molecule has 32 heavy (non-hydrogen) atoms. The highest BCUT2D eigenvalue weighted by atomic mass is 16.5. The first-order chi connectivity index (χ1) is 15.5. The van der Waals surface area contributed by atoms with Crippen molar-refractivity contribution < 1.29 is 24.2 Å². The summed E-state index contributed by atoms with van der Waals surface area (Å²) in [6.07, 6.45) is 0.573. The number of ketones is 1. The molecular formula is C25H26N2O5. The first-order valence-electron chi connectivity index (χ1n) is 10.5. The third kappa shape index (κ3) is 3.65. The second-order valence-electron chi connectivity index (χ2n) is 7.78. The largest absolute Gasteiger partial charge is 0.507 e. The predicted octanol–water partition coefficient (Wildman–Crippen LogP) is 3.94. The number of aryl methyl sites for hydroxylation is 1. The second kappa shape index (κ2) is 8.88. The first-order valence-corrected chi connectivity index (χ1v) is 10.5. The number of rotatable bonds is 7. The maximum Gasteiger partial charge on any atom is 0.295 e. The average Bonchev–Trinajstić information content (AvgIpc) is 3.26. The van der Waals surface area contributed by atoms with Crippen LogP contribution in [-0.2, 0) is 14.3 Å². The van der Waals surface area contributed by atoms with Crippen LogP contribution in [0.1, 0.15) is 29.3 Å². The van der Waals surface area contributed by atoms with Crippen molar-refractivity contribution >= 4 is 28.4 Å². The molecule has 1 atom stereocenters. The summed E-state index contributed by atoms with van der Waals surface area (Å²) in [5.74, 6) is -0.878. The van der Waals surface area contributed by atoms with Gasteiger partial charge >= 0.3 is 0 Å². The van der Waals surface area contributed by atoms with E-state index in [2.05, 4.69) is 4.98 Å². The normalized spacial score (nSPS) is 18.0. The number of hydrogen-bond acceptors (Lipinski definition) is 5. The Bertz CT molecular complexity index is 1190. The van der Waals surface area contributed by atoms with Gasteiger partial charge in [0.05, 0.1) is 18.7 Å². The fourth-order valence-corrected chi connectivity index (χ4v) is 4.35. The number of hydrogen-bond donors (Lipinski definition) is 2. The molecule has 1 unspecified atom stereocenters. The van der Waals surface area contributed by atoms with Gasteiger partial charge in [0, 0.05) is 48.0 Å². The zero-order chi connectivity index (χ0) is 22.8. The van der Waals surface area contributed by atoms with Gasteiger partial charge in [0.1, 0.15) is 11.5 Å². The molecule has 1 amide bonds. The zero-order valence-corrected chi connectivity index (χ0v) is 18.3. The van der Waals surface area contributed by atoms with Crippen molar-refractivity contribution in [1.29, 1.82) is 0 Å². The summed E-state index contributed by atoms with van der Waals surface area (Å²) in [6.45, 7) is 2.71. The highest BCUT2D eigenvalue weighted by Gasteiger charge is 2.47. The van der Waals surface area contributed by atoms with Crippen molar-refractivity contribution in [2.45, 2.75) is 19.4 Å². The Hall–Kier alpha value is -3.58. The highest BCUT2D eigenvalue weighted by Crippen LogP contribution is 2.43. The monoisotopic (exact) mass is 434 g/mol. The SMILES string of the molecule is COCCCN1C(=O)C(=O)/C(=C(/O)c2ccc(OC)cc2)C1c1c(C)[nH]c2ccccc12. The Balaban J connectivity index is 1.91. The molecule has 7 heteroatoms. The number of para-hydroxylation sites is 1. The Morgan fingerprint density at radius 3 is 2.50 bits per heavy atom. The van der Waals surface area contributed by atoms with Gasteiger partial charge in [0.25, 0.3) is 11.7 Å². The van der Waals surface area contributed by atoms with E-state index in [0.717, 1.165) is 22.2 Å². The molecule has 1 aliphatic rings. The number of fused-ring (bicyclic) bond motifs is 1. The molecule has 3 aromatic rings. The van der Waals surface area contributed by atoms with Gasteiger partial charge in [-0.1, -0.05) is 18.2 Å². The van der Waals surface area contributed by atoms with E-state index in [1.54, 1.807) is 43.4 Å². The van der Waals surface area contributed by atoms with Crippen molar-refractivity contribution in [2.75, 3.05) is 27.4 Å². The minimum Gasteiger partial charge on any atom is -0.507 e. The number of methoxy groups -OCH3 is 2. The molecule has 0 saturated carbocycles. The van der Waals surface area contributed by atoms with Gasteiger partial charge in [0.2, 0.25) is 0 Å². The molecular weight excluding hydrogens is 408 g/mol. The summed E-state index contributed by atoms with van der Waals surface area (Å²) in [4.78, 5) is 31.1. The quantitative estimate of drug-likeness (QED) is 0.254. The number of H-pyrrole nitrogens is 1. The highest BCUT2D eigenvalue weighted by molar-refractivity contribution is 6.46. The molecule has 1 aromatic heterocycles. The number of benzene rings is 2. The number of aromatic nitrogens is 1. The van der Waals surface area contributed by atoms with E-state index in [-0.39, 0.29) is 11.3 Å². The lowest BCUT2D eigenvalue weighted by atomic mass is 9.93. The molecule has 2 aromatic carbocycles. The lowest BCUT2D eigenvalue weighted by Crippen LogP contribution is -2.31. The van der Waals surface area contributed by atoms with E-state index < -0.39 is 17.7 Å². The van der Waals surface area contributed by atoms with Crippen LogP contribution in [0.25, 0.3) is 16.7 Å². The van der Waals surface area contributed by atoms with Gasteiger partial charge in [0.15, 0.2) is 0 Å². The van der Waals surface area contributed by atoms with Crippen molar-refractivity contribution in [2.24, 2.45) is 0 Å². The topological polar surface area (TPSA) is 91.9 Å². The number of aliphatic hydroxyl groups is 1. The number of nitrogens with one attached hydrogen (secondary N) is 1. The van der Waals surface area contributed by atoms with Crippen LogP contribution < -0.4 is 4.74 Å². The van der Waals surface area contributed by atoms with Gasteiger partial charge < -0.3 is 24.5 Å². The minimum absolute atomic E-state index is 0.0884. The third-order valence-electron chi connectivity index (χ3n) is 5.87. The van der Waals surface area contributed by atoms with Gasteiger partial charge in [-0.25, -0.2) is 0 Å². The summed E-state index contributed by atoms with van der Waals surface area (Å²) in [5.41, 5.74) is 3.10. The van der Waals surface area contributed by atoms with E-state index in [0.29, 0.717) is 30.9 Å². The van der Waals surface area contributed by atoms with Crippen LogP contribution in [0.15, 0.2) is 54.1 Å². The number of aliphatic hydroxyl groups excluding tert-OH is 1. The van der Waals surface area contributed by atoms with Crippen LogP contribution in [0.5, 0.6) is 5.75 Å². The molecule has 1 aliphatic heterocycles. The summed E-state index contributed by atoms with van der Waals surface area (Å²) >= 11 is 0. The fraction of sp³-hybridized carbons (Fsp3) is 0.280. The Morgan fingerprint density at radius 2 is 1.81 bits per heavy atom. The third-order valence-corrected chi connectivity index (χ3v) is 5.87. The van der Waals surface area contributed by atoms with Gasteiger partial charge in [-0.3, -0.25) is 9.59 Å². The van der Waals surface area contributed by atoms with Crippen molar-refractivity contribution in [3.63, 3.8) is 0 Å². The van der Waals surface area contributed by atoms with E-state index in [1.807, 2.05) is 31.2 Å². The maximum atomic E-state index is 13.2. The van der Waals surface area contributed by atoms with E-state index in [1.165, 1.54) is 0 Å². The summed E-state index contributed by atoms with van der Waals surface area (Å²) in [7, 11) is 3.15. The summed E-state index contributed by atoms with van der Waals surface area (Å²) in [5, 5.41) is 12.1. The molecule has 0 bridgehead atoms. The smallest absolute Gasteiger partial charge is 0.295 e. The van der Waals surface area contributed by atoms with Crippen LogP contribution >= 0.6 is 0 Å². The average molecular weight is 434 g/mol. The number of likely N-dealkylation sites (tertiary alicyclic amines) is 1. The number of carbonyl (C=O) groups is 2. The van der Waals surface area contributed by atoms with Crippen LogP contribution in [-0.4, -0.2) is 54.1 Å². The molecule has 0 aliphatic carbocycles. The van der Waals surface area contributed by atoms with E-state index in [9.17, 15) is 14.7 Å².